The molecule has 0 N–H and O–H groups in total. The zero-order valence-corrected chi connectivity index (χ0v) is 19.2. The van der Waals surface area contributed by atoms with Gasteiger partial charge in [0.25, 0.3) is 0 Å². The maximum absolute atomic E-state index is 13.3. The summed E-state index contributed by atoms with van der Waals surface area (Å²) in [5.74, 6) is 1.51. The zero-order valence-electron chi connectivity index (χ0n) is 18.4. The number of hydrogen-bond acceptors (Lipinski definition) is 7. The smallest absolute Gasteiger partial charge is 0.410 e. The van der Waals surface area contributed by atoms with E-state index in [4.69, 9.17) is 9.26 Å². The van der Waals surface area contributed by atoms with Crippen LogP contribution >= 0.6 is 11.3 Å². The Morgan fingerprint density at radius 1 is 1.26 bits per heavy atom. The second-order valence-electron chi connectivity index (χ2n) is 9.35. The Bertz CT molecular complexity index is 905. The highest BCUT2D eigenvalue weighted by molar-refractivity contribution is 7.08. The number of carbonyl (C=O) groups excluding carboxylic acids is 2. The highest BCUT2D eigenvalue weighted by Crippen LogP contribution is 2.27. The van der Waals surface area contributed by atoms with Crippen molar-refractivity contribution in [3.63, 3.8) is 0 Å². The van der Waals surface area contributed by atoms with Gasteiger partial charge in [-0.1, -0.05) is 5.16 Å². The number of hydrogen-bond donors (Lipinski definition) is 0. The number of aromatic nitrogens is 2. The van der Waals surface area contributed by atoms with Gasteiger partial charge in [-0.15, -0.1) is 0 Å². The van der Waals surface area contributed by atoms with Crippen LogP contribution in [-0.4, -0.2) is 63.2 Å². The van der Waals surface area contributed by atoms with E-state index in [0.29, 0.717) is 37.6 Å². The van der Waals surface area contributed by atoms with E-state index in [9.17, 15) is 9.59 Å². The summed E-state index contributed by atoms with van der Waals surface area (Å²) in [6.07, 6.45) is 3.71. The zero-order chi connectivity index (χ0) is 22.0. The first-order valence-electron chi connectivity index (χ1n) is 10.9. The fourth-order valence-electron chi connectivity index (χ4n) is 4.30. The lowest BCUT2D eigenvalue weighted by Gasteiger charge is -2.36. The van der Waals surface area contributed by atoms with Gasteiger partial charge in [-0.25, -0.2) is 4.79 Å². The lowest BCUT2D eigenvalue weighted by atomic mass is 9.94. The average molecular weight is 447 g/mol. The number of likely N-dealkylation sites (tertiary alicyclic amines) is 2. The summed E-state index contributed by atoms with van der Waals surface area (Å²) in [4.78, 5) is 33.9. The third-order valence-corrected chi connectivity index (χ3v) is 6.39. The molecular formula is C22H30N4O4S. The van der Waals surface area contributed by atoms with Gasteiger partial charge in [-0.05, 0) is 63.8 Å². The van der Waals surface area contributed by atoms with Crippen molar-refractivity contribution in [1.29, 1.82) is 0 Å². The Kier molecular flexibility index (Phi) is 6.31. The molecule has 2 saturated heterocycles. The van der Waals surface area contributed by atoms with Crippen LogP contribution in [0.5, 0.6) is 0 Å². The molecule has 31 heavy (non-hydrogen) atoms. The van der Waals surface area contributed by atoms with Gasteiger partial charge in [-0.2, -0.15) is 16.3 Å². The van der Waals surface area contributed by atoms with Crippen molar-refractivity contribution >= 4 is 23.3 Å². The summed E-state index contributed by atoms with van der Waals surface area (Å²) in [6, 6.07) is 1.54. The molecule has 2 unspecified atom stereocenters. The molecule has 0 radical (unpaired) electrons. The molecule has 0 spiro atoms. The van der Waals surface area contributed by atoms with Crippen LogP contribution in [0.2, 0.25) is 0 Å². The largest absolute Gasteiger partial charge is 0.444 e. The standard InChI is InChI=1S/C22H30N4O4S/c1-22(2,3)29-21(28)26-10-5-7-17(26)20(27)25-9-4-6-15(13-25)12-18-23-19(24-30-18)16-8-11-31-14-16/h8,11,14-15,17H,4-7,9-10,12-13H2,1-3H3. The highest BCUT2D eigenvalue weighted by Gasteiger charge is 2.39. The van der Waals surface area contributed by atoms with Crippen molar-refractivity contribution in [3.05, 3.63) is 22.7 Å². The van der Waals surface area contributed by atoms with Crippen LogP contribution in [0, 0.1) is 5.92 Å². The van der Waals surface area contributed by atoms with Gasteiger partial charge in [0, 0.05) is 37.0 Å². The Morgan fingerprint density at radius 2 is 2.06 bits per heavy atom. The highest BCUT2D eigenvalue weighted by atomic mass is 32.1. The number of ether oxygens (including phenoxy) is 1. The lowest BCUT2D eigenvalue weighted by Crippen LogP contribution is -2.51. The first kappa shape index (κ1) is 21.8. The number of amides is 2. The Hall–Kier alpha value is -2.42. The number of rotatable bonds is 4. The number of nitrogens with zero attached hydrogens (tertiary/aromatic N) is 4. The minimum atomic E-state index is -0.574. The van der Waals surface area contributed by atoms with Crippen molar-refractivity contribution in [2.75, 3.05) is 19.6 Å². The molecule has 2 aliphatic heterocycles. The van der Waals surface area contributed by atoms with Crippen molar-refractivity contribution in [1.82, 2.24) is 19.9 Å². The quantitative estimate of drug-likeness (QED) is 0.706. The van der Waals surface area contributed by atoms with E-state index in [1.54, 1.807) is 16.2 Å². The van der Waals surface area contributed by atoms with E-state index in [0.717, 1.165) is 31.4 Å². The molecule has 9 heteroatoms. The minimum absolute atomic E-state index is 0.0255. The predicted molar refractivity (Wildman–Crippen MR) is 117 cm³/mol. The number of thiophene rings is 1. The minimum Gasteiger partial charge on any atom is -0.444 e. The fourth-order valence-corrected chi connectivity index (χ4v) is 4.93. The van der Waals surface area contributed by atoms with Crippen molar-refractivity contribution in [3.8, 4) is 11.4 Å². The van der Waals surface area contributed by atoms with E-state index < -0.39 is 17.7 Å². The molecule has 0 aliphatic carbocycles. The summed E-state index contributed by atoms with van der Waals surface area (Å²) in [5.41, 5.74) is 0.388. The third kappa shape index (κ3) is 5.26. The van der Waals surface area contributed by atoms with Crippen LogP contribution in [0.4, 0.5) is 4.79 Å². The summed E-state index contributed by atoms with van der Waals surface area (Å²) in [7, 11) is 0. The van der Waals surface area contributed by atoms with Crippen LogP contribution in [-0.2, 0) is 16.0 Å². The maximum Gasteiger partial charge on any atom is 0.410 e. The van der Waals surface area contributed by atoms with Crippen molar-refractivity contribution in [2.45, 2.75) is 64.5 Å². The first-order valence-corrected chi connectivity index (χ1v) is 11.9. The van der Waals surface area contributed by atoms with Gasteiger partial charge in [0.05, 0.1) is 0 Å². The van der Waals surface area contributed by atoms with Gasteiger partial charge < -0.3 is 14.2 Å². The molecule has 2 aromatic heterocycles. The number of carbonyl (C=O) groups is 2. The summed E-state index contributed by atoms with van der Waals surface area (Å²) >= 11 is 1.60. The molecule has 4 heterocycles. The molecule has 2 fully saturated rings. The average Bonchev–Trinajstić information content (AvgIpc) is 3.47. The SMILES string of the molecule is CC(C)(C)OC(=O)N1CCCC1C(=O)N1CCCC(Cc2nc(-c3ccsc3)no2)C1. The molecule has 0 bridgehead atoms. The fraction of sp³-hybridized carbons (Fsp3) is 0.636. The summed E-state index contributed by atoms with van der Waals surface area (Å²) < 4.78 is 11.0. The molecule has 2 atom stereocenters. The van der Waals surface area contributed by atoms with E-state index >= 15 is 0 Å². The molecule has 8 nitrogen and oxygen atoms in total. The van der Waals surface area contributed by atoms with E-state index in [-0.39, 0.29) is 11.8 Å². The normalized spacial score (nSPS) is 22.0. The van der Waals surface area contributed by atoms with Gasteiger partial charge >= 0.3 is 6.09 Å². The molecule has 2 aromatic rings. The van der Waals surface area contributed by atoms with Crippen LogP contribution in [0.3, 0.4) is 0 Å². The van der Waals surface area contributed by atoms with Crippen molar-refractivity contribution < 1.29 is 18.8 Å². The molecule has 2 aliphatic rings. The third-order valence-electron chi connectivity index (χ3n) is 5.71. The van der Waals surface area contributed by atoms with Crippen molar-refractivity contribution in [2.24, 2.45) is 5.92 Å². The molecule has 4 rings (SSSR count). The van der Waals surface area contributed by atoms with E-state index in [1.807, 2.05) is 42.5 Å². The van der Waals surface area contributed by atoms with Gasteiger partial charge in [0.1, 0.15) is 11.6 Å². The van der Waals surface area contributed by atoms with Crippen LogP contribution in [0.15, 0.2) is 21.3 Å². The molecule has 2 amide bonds. The second-order valence-corrected chi connectivity index (χ2v) is 10.1. The van der Waals surface area contributed by atoms with Gasteiger partial charge in [-0.3, -0.25) is 9.69 Å². The van der Waals surface area contributed by atoms with Gasteiger partial charge in [0.15, 0.2) is 0 Å². The van der Waals surface area contributed by atoms with E-state index in [1.165, 1.54) is 0 Å². The van der Waals surface area contributed by atoms with E-state index in [2.05, 4.69) is 10.1 Å². The molecule has 0 aromatic carbocycles. The van der Waals surface area contributed by atoms with Gasteiger partial charge in [0.2, 0.25) is 17.6 Å². The second kappa shape index (κ2) is 8.98. The maximum atomic E-state index is 13.3. The van der Waals surface area contributed by atoms with Crippen LogP contribution in [0.1, 0.15) is 52.3 Å². The number of piperidine rings is 1. The monoisotopic (exact) mass is 446 g/mol. The van der Waals surface area contributed by atoms with Crippen LogP contribution < -0.4 is 0 Å². The lowest BCUT2D eigenvalue weighted by molar-refractivity contribution is -0.137. The summed E-state index contributed by atoms with van der Waals surface area (Å²) in [6.45, 7) is 7.46. The Balaban J connectivity index is 1.36. The molecular weight excluding hydrogens is 416 g/mol. The van der Waals surface area contributed by atoms with Crippen LogP contribution in [0.25, 0.3) is 11.4 Å². The molecule has 168 valence electrons. The Morgan fingerprint density at radius 3 is 2.81 bits per heavy atom. The molecule has 0 saturated carbocycles. The predicted octanol–water partition coefficient (Wildman–Crippen LogP) is 3.98. The Labute approximate surface area is 186 Å². The summed E-state index contributed by atoms with van der Waals surface area (Å²) in [5, 5.41) is 8.06. The first-order chi connectivity index (χ1) is 14.8. The topological polar surface area (TPSA) is 88.8 Å².